The summed E-state index contributed by atoms with van der Waals surface area (Å²) in [7, 11) is 0. The van der Waals surface area contributed by atoms with Crippen molar-refractivity contribution >= 4 is 29.2 Å². The molecule has 0 saturated carbocycles. The van der Waals surface area contributed by atoms with Gasteiger partial charge in [0.25, 0.3) is 5.91 Å². The fourth-order valence-corrected chi connectivity index (χ4v) is 2.82. The van der Waals surface area contributed by atoms with Crippen molar-refractivity contribution < 1.29 is 27.2 Å². The van der Waals surface area contributed by atoms with Gasteiger partial charge in [-0.25, -0.2) is 19.2 Å². The number of hydrogen-bond donors (Lipinski definition) is 2. The second-order valence-electron chi connectivity index (χ2n) is 5.36. The zero-order valence-corrected chi connectivity index (χ0v) is 14.6. The number of carbonyl (C=O) groups excluding carboxylic acids is 2. The van der Waals surface area contributed by atoms with Crippen molar-refractivity contribution in [3.8, 4) is 10.6 Å². The van der Waals surface area contributed by atoms with E-state index in [0.717, 1.165) is 29.5 Å². The van der Waals surface area contributed by atoms with Gasteiger partial charge in [0.15, 0.2) is 5.69 Å². The minimum absolute atomic E-state index is 0.0379. The molecule has 1 aromatic carbocycles. The van der Waals surface area contributed by atoms with Crippen molar-refractivity contribution in [3.63, 3.8) is 0 Å². The molecule has 0 radical (unpaired) electrons. The normalized spacial score (nSPS) is 11.1. The van der Waals surface area contributed by atoms with Gasteiger partial charge in [-0.05, 0) is 35.7 Å². The average molecular weight is 410 g/mol. The van der Waals surface area contributed by atoms with Gasteiger partial charge in [0.2, 0.25) is 5.95 Å². The highest BCUT2D eigenvalue weighted by Gasteiger charge is 2.34. The minimum Gasteiger partial charge on any atom is -0.276 e. The zero-order valence-electron chi connectivity index (χ0n) is 13.7. The lowest BCUT2D eigenvalue weighted by atomic mass is 10.2. The van der Waals surface area contributed by atoms with Crippen LogP contribution in [0, 0.1) is 5.82 Å². The first-order valence-electron chi connectivity index (χ1n) is 7.60. The van der Waals surface area contributed by atoms with Gasteiger partial charge in [-0.3, -0.25) is 15.4 Å². The summed E-state index contributed by atoms with van der Waals surface area (Å²) in [5.41, 5.74) is -1.43. The molecule has 0 aliphatic heterocycles. The van der Waals surface area contributed by atoms with Gasteiger partial charge in [0, 0.05) is 5.56 Å². The molecule has 0 unspecified atom stereocenters. The maximum atomic E-state index is 13.1. The number of nitrogens with one attached hydrogen (secondary N) is 2. The number of hydrogen-bond acceptors (Lipinski definition) is 5. The molecule has 0 saturated heterocycles. The molecule has 0 aliphatic rings. The highest BCUT2D eigenvalue weighted by atomic mass is 32.1. The second-order valence-corrected chi connectivity index (χ2v) is 6.30. The highest BCUT2D eigenvalue weighted by molar-refractivity contribution is 7.13. The number of urea groups is 1. The van der Waals surface area contributed by atoms with E-state index in [4.69, 9.17) is 0 Å². The zero-order chi connectivity index (χ0) is 20.3. The van der Waals surface area contributed by atoms with Gasteiger partial charge in [0.05, 0.1) is 10.6 Å². The molecule has 3 rings (SSSR count). The number of halogens is 4. The molecule has 0 aliphatic carbocycles. The lowest BCUT2D eigenvalue weighted by Gasteiger charge is -2.11. The fourth-order valence-electron chi connectivity index (χ4n) is 2.14. The van der Waals surface area contributed by atoms with Crippen molar-refractivity contribution in [3.05, 3.63) is 64.9 Å². The average Bonchev–Trinajstić information content (AvgIpc) is 3.15. The van der Waals surface area contributed by atoms with Crippen LogP contribution in [0.5, 0.6) is 0 Å². The predicted molar refractivity (Wildman–Crippen MR) is 93.2 cm³/mol. The summed E-state index contributed by atoms with van der Waals surface area (Å²) in [6.45, 7) is 0. The van der Waals surface area contributed by atoms with Gasteiger partial charge in [0.1, 0.15) is 5.82 Å². The summed E-state index contributed by atoms with van der Waals surface area (Å²) in [5.74, 6) is -2.26. The van der Waals surface area contributed by atoms with Crippen molar-refractivity contribution in [2.45, 2.75) is 6.18 Å². The standard InChI is InChI=1S/C17H10F4N4O2S/c18-10-4-1-3-9(7-10)14(26)24-16(27)25-15-22-11(12-5-2-6-28-12)8-13(23-15)17(19,20)21/h1-8H,(H2,22,23,24,25,26,27). The lowest BCUT2D eigenvalue weighted by Crippen LogP contribution is -2.35. The van der Waals surface area contributed by atoms with E-state index in [1.807, 2.05) is 10.6 Å². The number of alkyl halides is 3. The molecule has 6 nitrogen and oxygen atoms in total. The second kappa shape index (κ2) is 7.72. The first-order chi connectivity index (χ1) is 13.2. The molecular formula is C17H10F4N4O2S. The van der Waals surface area contributed by atoms with Crippen LogP contribution < -0.4 is 10.6 Å². The summed E-state index contributed by atoms with van der Waals surface area (Å²) < 4.78 is 52.4. The molecule has 0 atom stereocenters. The Morgan fingerprint density at radius 1 is 1.04 bits per heavy atom. The monoisotopic (exact) mass is 410 g/mol. The molecule has 3 aromatic rings. The molecule has 28 heavy (non-hydrogen) atoms. The van der Waals surface area contributed by atoms with Crippen LogP contribution in [-0.2, 0) is 6.18 Å². The van der Waals surface area contributed by atoms with E-state index < -0.39 is 35.6 Å². The van der Waals surface area contributed by atoms with Gasteiger partial charge in [-0.1, -0.05) is 12.1 Å². The molecule has 3 amide bonds. The number of imide groups is 1. The third-order valence-corrected chi connectivity index (χ3v) is 4.22. The molecule has 0 fully saturated rings. The number of amides is 3. The van der Waals surface area contributed by atoms with Crippen LogP contribution in [0.1, 0.15) is 16.1 Å². The Hall–Kier alpha value is -3.34. The SMILES string of the molecule is O=C(NC(=O)c1cccc(F)c1)Nc1nc(-c2cccs2)cc(C(F)(F)F)n1. The van der Waals surface area contributed by atoms with Gasteiger partial charge in [-0.15, -0.1) is 11.3 Å². The van der Waals surface area contributed by atoms with Crippen molar-refractivity contribution in [2.24, 2.45) is 0 Å². The third kappa shape index (κ3) is 4.68. The van der Waals surface area contributed by atoms with Crippen LogP contribution in [0.25, 0.3) is 10.6 Å². The van der Waals surface area contributed by atoms with E-state index >= 15 is 0 Å². The largest absolute Gasteiger partial charge is 0.433 e. The number of aromatic nitrogens is 2. The quantitative estimate of drug-likeness (QED) is 0.630. The molecule has 0 bridgehead atoms. The summed E-state index contributed by atoms with van der Waals surface area (Å²) in [6.07, 6.45) is -4.76. The maximum absolute atomic E-state index is 13.1. The summed E-state index contributed by atoms with van der Waals surface area (Å²) in [4.78, 5) is 31.5. The smallest absolute Gasteiger partial charge is 0.276 e. The van der Waals surface area contributed by atoms with E-state index in [1.54, 1.807) is 17.5 Å². The summed E-state index contributed by atoms with van der Waals surface area (Å²) in [5, 5.41) is 5.51. The van der Waals surface area contributed by atoms with Crippen LogP contribution in [0.2, 0.25) is 0 Å². The van der Waals surface area contributed by atoms with Crippen LogP contribution >= 0.6 is 11.3 Å². The molecular weight excluding hydrogens is 400 g/mol. The minimum atomic E-state index is -4.76. The van der Waals surface area contributed by atoms with Crippen LogP contribution in [-0.4, -0.2) is 21.9 Å². The van der Waals surface area contributed by atoms with E-state index in [-0.39, 0.29) is 11.3 Å². The molecule has 11 heteroatoms. The molecule has 144 valence electrons. The number of nitrogens with zero attached hydrogens (tertiary/aromatic N) is 2. The van der Waals surface area contributed by atoms with Crippen molar-refractivity contribution in [1.82, 2.24) is 15.3 Å². The van der Waals surface area contributed by atoms with E-state index in [0.29, 0.717) is 4.88 Å². The Balaban J connectivity index is 1.82. The van der Waals surface area contributed by atoms with Gasteiger partial charge in [-0.2, -0.15) is 13.2 Å². The predicted octanol–water partition coefficient (Wildman–Crippen LogP) is 4.32. The Morgan fingerprint density at radius 2 is 1.82 bits per heavy atom. The number of rotatable bonds is 3. The van der Waals surface area contributed by atoms with Crippen LogP contribution in [0.3, 0.4) is 0 Å². The molecule has 2 heterocycles. The maximum Gasteiger partial charge on any atom is 0.433 e. The van der Waals surface area contributed by atoms with Gasteiger partial charge < -0.3 is 0 Å². The Bertz CT molecular complexity index is 1020. The number of thiophene rings is 1. The molecule has 2 aromatic heterocycles. The van der Waals surface area contributed by atoms with E-state index in [1.165, 1.54) is 12.1 Å². The van der Waals surface area contributed by atoms with Crippen LogP contribution in [0.4, 0.5) is 28.3 Å². The highest BCUT2D eigenvalue weighted by Crippen LogP contribution is 2.32. The fraction of sp³-hybridized carbons (Fsp3) is 0.0588. The van der Waals surface area contributed by atoms with Gasteiger partial charge >= 0.3 is 12.2 Å². The summed E-state index contributed by atoms with van der Waals surface area (Å²) >= 11 is 1.16. The Kier molecular flexibility index (Phi) is 5.36. The molecule has 0 spiro atoms. The topological polar surface area (TPSA) is 84.0 Å². The van der Waals surface area contributed by atoms with Crippen LogP contribution in [0.15, 0.2) is 47.8 Å². The van der Waals surface area contributed by atoms with E-state index in [2.05, 4.69) is 9.97 Å². The lowest BCUT2D eigenvalue weighted by molar-refractivity contribution is -0.141. The summed E-state index contributed by atoms with van der Waals surface area (Å²) in [6, 6.07) is 7.33. The first kappa shape index (κ1) is 19.4. The third-order valence-electron chi connectivity index (χ3n) is 3.33. The Labute approximate surface area is 159 Å². The van der Waals surface area contributed by atoms with Crippen molar-refractivity contribution in [1.29, 1.82) is 0 Å². The Morgan fingerprint density at radius 3 is 2.46 bits per heavy atom. The van der Waals surface area contributed by atoms with Crippen molar-refractivity contribution in [2.75, 3.05) is 5.32 Å². The van der Waals surface area contributed by atoms with E-state index in [9.17, 15) is 27.2 Å². The number of carbonyl (C=O) groups is 2. The first-order valence-corrected chi connectivity index (χ1v) is 8.48. The number of anilines is 1. The molecule has 2 N–H and O–H groups in total. The number of benzene rings is 1.